The fraction of sp³-hybridized carbons (Fsp3) is 0.367. The molecular weight excluding hydrogens is 660 g/mol. The van der Waals surface area contributed by atoms with Crippen LogP contribution in [-0.2, 0) is 4.74 Å². The van der Waals surface area contributed by atoms with Crippen LogP contribution in [0.4, 0.5) is 22.4 Å². The molecule has 2 aromatic heterocycles. The van der Waals surface area contributed by atoms with Crippen LogP contribution in [0.15, 0.2) is 55.0 Å². The molecule has 2 aromatic carbocycles. The van der Waals surface area contributed by atoms with Crippen molar-refractivity contribution in [2.24, 2.45) is 0 Å². The van der Waals surface area contributed by atoms with Crippen LogP contribution in [0.3, 0.4) is 0 Å². The summed E-state index contributed by atoms with van der Waals surface area (Å²) in [5, 5.41) is 25.8. The Hall–Kier alpha value is -5.06. The van der Waals surface area contributed by atoms with E-state index in [1.165, 1.54) is 37.4 Å². The van der Waals surface area contributed by atoms with Crippen LogP contribution in [0.5, 0.6) is 0 Å². The van der Waals surface area contributed by atoms with Gasteiger partial charge in [-0.1, -0.05) is 29.8 Å². The van der Waals surface area contributed by atoms with Crippen molar-refractivity contribution in [2.75, 3.05) is 13.7 Å². The van der Waals surface area contributed by atoms with Crippen LogP contribution in [-0.4, -0.2) is 78.2 Å². The number of hydrogen-bond donors (Lipinski definition) is 3. The van der Waals surface area contributed by atoms with Crippen LogP contribution >= 0.6 is 11.6 Å². The van der Waals surface area contributed by atoms with Gasteiger partial charge in [-0.15, -0.1) is 0 Å². The molecule has 2 heterocycles. The molecule has 0 unspecified atom stereocenters. The molecule has 6 rings (SSSR count). The first-order chi connectivity index (χ1) is 23.0. The molecule has 4 aromatic rings. The number of carbonyl (C=O) groups excluding carboxylic acids is 2. The molecular formula is C30H29ClF4N10O3. The van der Waals surface area contributed by atoms with Crippen LogP contribution in [0.25, 0.3) is 22.6 Å². The van der Waals surface area contributed by atoms with Gasteiger partial charge in [0.15, 0.2) is 11.8 Å². The standard InChI is InChI=1S/C30H29ClF4N10O3/c1-37-28(36)43(25(46)17-4-2-16(3-5-17)22-13-39-45(42-22)19-7-8-19)23(14-48-29(47)41-30(10-11-30)26(32)33)18-6-9-21(31)20(12-18)24-38-15-40-44(24)27(34)35/h2-6,9,12-13,15,19,23,26-27H,7-8,10-11,14H2,1H3,(H2,36,37)(H,41,47)/t23-/m1/s1. The summed E-state index contributed by atoms with van der Waals surface area (Å²) >= 11 is 6.38. The van der Waals surface area contributed by atoms with Gasteiger partial charge < -0.3 is 15.4 Å². The molecule has 0 radical (unpaired) electrons. The number of benzene rings is 2. The number of nitrogens with zero attached hydrogens (tertiary/aromatic N) is 7. The molecule has 2 aliphatic carbocycles. The van der Waals surface area contributed by atoms with Gasteiger partial charge in [0.05, 0.1) is 23.3 Å². The van der Waals surface area contributed by atoms with E-state index in [1.807, 2.05) is 0 Å². The van der Waals surface area contributed by atoms with Gasteiger partial charge in [-0.2, -0.15) is 33.6 Å². The van der Waals surface area contributed by atoms with E-state index >= 15 is 0 Å². The maximum Gasteiger partial charge on any atom is 0.407 e. The fourth-order valence-corrected chi connectivity index (χ4v) is 5.29. The summed E-state index contributed by atoms with van der Waals surface area (Å²) in [7, 11) is 1.40. The number of amides is 2. The Morgan fingerprint density at radius 1 is 1.12 bits per heavy atom. The lowest BCUT2D eigenvalue weighted by molar-refractivity contribution is 0.0582. The second kappa shape index (κ2) is 13.2. The summed E-state index contributed by atoms with van der Waals surface area (Å²) in [5.74, 6) is -1.39. The predicted molar refractivity (Wildman–Crippen MR) is 164 cm³/mol. The molecule has 18 heteroatoms. The van der Waals surface area contributed by atoms with Crippen molar-refractivity contribution in [1.82, 2.24) is 45.3 Å². The first-order valence-electron chi connectivity index (χ1n) is 14.8. The van der Waals surface area contributed by atoms with Gasteiger partial charge in [0.25, 0.3) is 12.3 Å². The summed E-state index contributed by atoms with van der Waals surface area (Å²) in [6.07, 6.45) is 0.733. The topological polar surface area (TPSA) is 156 Å². The van der Waals surface area contributed by atoms with E-state index in [4.69, 9.17) is 21.7 Å². The maximum absolute atomic E-state index is 14.1. The summed E-state index contributed by atoms with van der Waals surface area (Å²) in [6.45, 7) is -3.67. The highest BCUT2D eigenvalue weighted by molar-refractivity contribution is 6.33. The van der Waals surface area contributed by atoms with Gasteiger partial charge in [0.1, 0.15) is 24.2 Å². The van der Waals surface area contributed by atoms with Crippen molar-refractivity contribution in [2.45, 2.75) is 56.3 Å². The highest BCUT2D eigenvalue weighted by Gasteiger charge is 2.53. The van der Waals surface area contributed by atoms with E-state index in [-0.39, 0.29) is 46.4 Å². The smallest absolute Gasteiger partial charge is 0.407 e. The van der Waals surface area contributed by atoms with E-state index in [2.05, 4.69) is 30.9 Å². The van der Waals surface area contributed by atoms with Gasteiger partial charge in [-0.25, -0.2) is 18.6 Å². The second-order valence-electron chi connectivity index (χ2n) is 11.4. The zero-order valence-electron chi connectivity index (χ0n) is 25.3. The lowest BCUT2D eigenvalue weighted by Gasteiger charge is -2.32. The van der Waals surface area contributed by atoms with Crippen molar-refractivity contribution in [3.63, 3.8) is 0 Å². The normalized spacial score (nSPS) is 15.7. The first kappa shape index (κ1) is 32.9. The monoisotopic (exact) mass is 688 g/mol. The Kier molecular flexibility index (Phi) is 9.05. The number of aromatic nitrogens is 6. The Bertz CT molecular complexity index is 1830. The zero-order valence-corrected chi connectivity index (χ0v) is 26.0. The number of guanidine groups is 1. The molecule has 2 amide bonds. The number of alkyl carbamates (subject to hydrolysis) is 1. The van der Waals surface area contributed by atoms with Gasteiger partial charge >= 0.3 is 12.6 Å². The van der Waals surface area contributed by atoms with Crippen LogP contribution in [0.1, 0.15) is 60.2 Å². The van der Waals surface area contributed by atoms with Crippen LogP contribution < -0.4 is 10.6 Å². The highest BCUT2D eigenvalue weighted by Crippen LogP contribution is 2.41. The Morgan fingerprint density at radius 2 is 1.85 bits per heavy atom. The summed E-state index contributed by atoms with van der Waals surface area (Å²) in [4.78, 5) is 33.4. The minimum atomic E-state index is -3.05. The lowest BCUT2D eigenvalue weighted by Crippen LogP contribution is -2.48. The van der Waals surface area contributed by atoms with Crippen molar-refractivity contribution in [1.29, 1.82) is 5.41 Å². The Balaban J connectivity index is 1.34. The van der Waals surface area contributed by atoms with Crippen LogP contribution in [0.2, 0.25) is 5.02 Å². The van der Waals surface area contributed by atoms with Crippen molar-refractivity contribution in [3.05, 3.63) is 71.1 Å². The number of carbonyl (C=O) groups is 2. The molecule has 0 bridgehead atoms. The molecule has 1 atom stereocenters. The minimum Gasteiger partial charge on any atom is -0.447 e. The van der Waals surface area contributed by atoms with Gasteiger partial charge in [-0.3, -0.25) is 15.1 Å². The SMILES string of the molecule is CNC(=N)N(C(=O)c1ccc(-c2cnn(C3CC3)n2)cc1)[C@H](COC(=O)NC1(C(F)F)CC1)c1ccc(Cl)c(-c2ncnn2C(F)F)c1. The summed E-state index contributed by atoms with van der Waals surface area (Å²) < 4.78 is 60.1. The third kappa shape index (κ3) is 6.67. The third-order valence-electron chi connectivity index (χ3n) is 8.12. The quantitative estimate of drug-likeness (QED) is 0.107. The number of nitrogens with one attached hydrogen (secondary N) is 3. The first-order valence-corrected chi connectivity index (χ1v) is 15.2. The molecule has 13 nitrogen and oxygen atoms in total. The molecule has 2 fully saturated rings. The molecule has 0 aliphatic heterocycles. The molecule has 252 valence electrons. The molecule has 2 aliphatic rings. The van der Waals surface area contributed by atoms with Crippen molar-refractivity contribution >= 4 is 29.6 Å². The summed E-state index contributed by atoms with van der Waals surface area (Å²) in [6, 6.07) is 9.60. The number of rotatable bonds is 11. The number of ether oxygens (including phenoxy) is 1. The fourth-order valence-electron chi connectivity index (χ4n) is 5.09. The number of alkyl halides is 4. The van der Waals surface area contributed by atoms with E-state index in [1.54, 1.807) is 23.1 Å². The van der Waals surface area contributed by atoms with Crippen LogP contribution in [0, 0.1) is 5.41 Å². The highest BCUT2D eigenvalue weighted by atomic mass is 35.5. The van der Waals surface area contributed by atoms with E-state index in [9.17, 15) is 27.2 Å². The van der Waals surface area contributed by atoms with Gasteiger partial charge in [-0.05, 0) is 55.5 Å². The Labute approximate surface area is 275 Å². The zero-order chi connectivity index (χ0) is 34.2. The minimum absolute atomic E-state index is 0.0167. The maximum atomic E-state index is 14.1. The number of hydrogen-bond acceptors (Lipinski definition) is 8. The molecule has 0 spiro atoms. The van der Waals surface area contributed by atoms with E-state index < -0.39 is 49.1 Å². The van der Waals surface area contributed by atoms with Crippen molar-refractivity contribution < 1.29 is 31.9 Å². The predicted octanol–water partition coefficient (Wildman–Crippen LogP) is 5.45. The lowest BCUT2D eigenvalue weighted by atomic mass is 10.0. The average Bonchev–Trinajstić information content (AvgIpc) is 3.97. The second-order valence-corrected chi connectivity index (χ2v) is 11.8. The molecule has 0 saturated heterocycles. The largest absolute Gasteiger partial charge is 0.447 e. The number of halogens is 5. The van der Waals surface area contributed by atoms with E-state index in [0.29, 0.717) is 15.9 Å². The van der Waals surface area contributed by atoms with Crippen molar-refractivity contribution in [3.8, 4) is 22.6 Å². The molecule has 3 N–H and O–H groups in total. The van der Waals surface area contributed by atoms with E-state index in [0.717, 1.165) is 24.1 Å². The summed E-state index contributed by atoms with van der Waals surface area (Å²) in [5.41, 5.74) is -0.0303. The average molecular weight is 689 g/mol. The Morgan fingerprint density at radius 3 is 2.48 bits per heavy atom. The third-order valence-corrected chi connectivity index (χ3v) is 8.45. The molecule has 2 saturated carbocycles. The van der Waals surface area contributed by atoms with Gasteiger partial charge in [0, 0.05) is 23.7 Å². The van der Waals surface area contributed by atoms with Gasteiger partial charge in [0.2, 0.25) is 0 Å². The molecule has 48 heavy (non-hydrogen) atoms.